The molecule has 11 heteroatoms. The van der Waals surface area contributed by atoms with Gasteiger partial charge in [-0.25, -0.2) is 19.0 Å². The summed E-state index contributed by atoms with van der Waals surface area (Å²) in [5.74, 6) is -0.00599. The number of amides is 1. The van der Waals surface area contributed by atoms with Gasteiger partial charge in [0.05, 0.1) is 11.9 Å². The first-order chi connectivity index (χ1) is 19.0. The number of anilines is 1. The van der Waals surface area contributed by atoms with Gasteiger partial charge in [0.25, 0.3) is 5.91 Å². The van der Waals surface area contributed by atoms with E-state index < -0.39 is 23.3 Å². The number of carbonyl (C=O) groups is 1. The van der Waals surface area contributed by atoms with Gasteiger partial charge in [0.2, 0.25) is 0 Å². The number of hydrogen-bond donors (Lipinski definition) is 2. The van der Waals surface area contributed by atoms with Gasteiger partial charge in [0.15, 0.2) is 5.65 Å². The van der Waals surface area contributed by atoms with E-state index in [1.807, 2.05) is 57.1 Å². The van der Waals surface area contributed by atoms with E-state index in [0.29, 0.717) is 22.5 Å². The number of fused-ring (bicyclic) bond motifs is 1. The average Bonchev–Trinajstić information content (AvgIpc) is 3.26. The highest BCUT2D eigenvalue weighted by Crippen LogP contribution is 2.34. The lowest BCUT2D eigenvalue weighted by molar-refractivity contribution is -0.117. The minimum atomic E-state index is -0.558. The summed E-state index contributed by atoms with van der Waals surface area (Å²) in [5, 5.41) is 17.4. The third-order valence-electron chi connectivity index (χ3n) is 6.57. The van der Waals surface area contributed by atoms with Crippen LogP contribution in [0.2, 0.25) is 0 Å². The van der Waals surface area contributed by atoms with E-state index in [1.54, 1.807) is 41.9 Å². The first kappa shape index (κ1) is 28.2. The van der Waals surface area contributed by atoms with Crippen molar-refractivity contribution in [2.75, 3.05) is 19.8 Å². The number of nitrogens with two attached hydrogens (primary N) is 1. The normalized spacial score (nSPS) is 12.8. The van der Waals surface area contributed by atoms with Crippen molar-refractivity contribution in [1.29, 1.82) is 5.26 Å². The Hall–Kier alpha value is -4.82. The smallest absolute Gasteiger partial charge is 0.261 e. The van der Waals surface area contributed by atoms with Crippen molar-refractivity contribution in [2.24, 2.45) is 0 Å². The second kappa shape index (κ2) is 11.5. The summed E-state index contributed by atoms with van der Waals surface area (Å²) < 4.78 is 22.6. The number of aromatic nitrogens is 4. The molecule has 10 nitrogen and oxygen atoms in total. The van der Waals surface area contributed by atoms with Crippen molar-refractivity contribution in [3.8, 4) is 28.8 Å². The van der Waals surface area contributed by atoms with Crippen LogP contribution >= 0.6 is 0 Å². The molecule has 2 aromatic heterocycles. The van der Waals surface area contributed by atoms with Crippen LogP contribution in [0.3, 0.4) is 0 Å². The fourth-order valence-corrected chi connectivity index (χ4v) is 3.96. The van der Waals surface area contributed by atoms with Crippen LogP contribution in [-0.2, 0) is 11.3 Å². The molecule has 0 unspecified atom stereocenters. The van der Waals surface area contributed by atoms with Crippen molar-refractivity contribution in [3.63, 3.8) is 0 Å². The molecule has 40 heavy (non-hydrogen) atoms. The molecule has 0 saturated heterocycles. The molecule has 0 saturated carbocycles. The van der Waals surface area contributed by atoms with Crippen molar-refractivity contribution >= 4 is 22.8 Å². The summed E-state index contributed by atoms with van der Waals surface area (Å²) in [4.78, 5) is 23.2. The van der Waals surface area contributed by atoms with Gasteiger partial charge >= 0.3 is 0 Å². The maximum atomic E-state index is 15.4. The number of likely N-dealkylation sites (N-methyl/N-ethyl adjacent to an activating group) is 1. The summed E-state index contributed by atoms with van der Waals surface area (Å²) in [5.41, 5.74) is 6.52. The van der Waals surface area contributed by atoms with Crippen LogP contribution in [0.15, 0.2) is 66.5 Å². The Kier molecular flexibility index (Phi) is 8.11. The van der Waals surface area contributed by atoms with Gasteiger partial charge in [-0.2, -0.15) is 10.4 Å². The molecular formula is C29H31FN8O2. The molecule has 3 N–H and O–H groups in total. The van der Waals surface area contributed by atoms with Crippen molar-refractivity contribution in [2.45, 2.75) is 38.9 Å². The molecule has 206 valence electrons. The number of nitrogens with zero attached hydrogens (tertiary/aromatic N) is 6. The van der Waals surface area contributed by atoms with Crippen LogP contribution in [-0.4, -0.2) is 56.2 Å². The number of rotatable bonds is 9. The predicted octanol–water partition coefficient (Wildman–Crippen LogP) is 4.30. The fourth-order valence-electron chi connectivity index (χ4n) is 3.96. The Morgan fingerprint density at radius 1 is 1.23 bits per heavy atom. The summed E-state index contributed by atoms with van der Waals surface area (Å²) >= 11 is 0. The van der Waals surface area contributed by atoms with E-state index in [9.17, 15) is 10.1 Å². The zero-order valence-electron chi connectivity index (χ0n) is 23.0. The van der Waals surface area contributed by atoms with Crippen molar-refractivity contribution < 1.29 is 13.9 Å². The Labute approximate surface area is 231 Å². The van der Waals surface area contributed by atoms with E-state index in [2.05, 4.69) is 20.4 Å². The van der Waals surface area contributed by atoms with Gasteiger partial charge in [-0.3, -0.25) is 4.79 Å². The van der Waals surface area contributed by atoms with E-state index >= 15 is 4.39 Å². The molecule has 4 rings (SSSR count). The number of para-hydroxylation sites is 1. The van der Waals surface area contributed by atoms with E-state index in [1.165, 1.54) is 12.4 Å². The number of nitriles is 1. The molecule has 2 heterocycles. The molecule has 1 atom stereocenters. The van der Waals surface area contributed by atoms with E-state index in [0.717, 1.165) is 0 Å². The lowest BCUT2D eigenvalue weighted by Crippen LogP contribution is -2.40. The third-order valence-corrected chi connectivity index (χ3v) is 6.57. The van der Waals surface area contributed by atoms with Gasteiger partial charge in [0.1, 0.15) is 46.8 Å². The molecule has 0 aliphatic rings. The molecule has 0 fully saturated rings. The summed E-state index contributed by atoms with van der Waals surface area (Å²) in [6.45, 7) is 5.77. The van der Waals surface area contributed by atoms with Crippen LogP contribution < -0.4 is 15.8 Å². The number of nitrogen functional groups attached to an aromatic ring is 1. The number of halogens is 1. The van der Waals surface area contributed by atoms with Crippen LogP contribution in [0.5, 0.6) is 11.5 Å². The molecule has 1 amide bonds. The quantitative estimate of drug-likeness (QED) is 0.236. The van der Waals surface area contributed by atoms with Gasteiger partial charge in [-0.05, 0) is 65.2 Å². The first-order valence-electron chi connectivity index (χ1n) is 12.6. The van der Waals surface area contributed by atoms with E-state index in [-0.39, 0.29) is 29.2 Å². The molecule has 0 radical (unpaired) electrons. The van der Waals surface area contributed by atoms with Gasteiger partial charge in [-0.1, -0.05) is 18.2 Å². The largest absolute Gasteiger partial charge is 0.457 e. The van der Waals surface area contributed by atoms with Crippen LogP contribution in [0.1, 0.15) is 20.8 Å². The maximum absolute atomic E-state index is 15.4. The van der Waals surface area contributed by atoms with Crippen LogP contribution in [0.25, 0.3) is 22.3 Å². The van der Waals surface area contributed by atoms with Crippen molar-refractivity contribution in [1.82, 2.24) is 30.0 Å². The number of hydrogen-bond acceptors (Lipinski definition) is 8. The molecule has 0 aliphatic carbocycles. The molecular weight excluding hydrogens is 511 g/mol. The standard InChI is InChI=1S/C29H31FN8O2/c1-18(35-28(39)19(15-31)14-29(2,3)37(4)5)16-38-27-24(26(32)33-17-34-27)25(36-38)22-12-11-21(13-23(22)30)40-20-9-7-6-8-10-20/h6-14,17-18H,16H2,1-5H3,(H,35,39)(H2,32,33,34)/b19-14+/t18-/m1/s1. The van der Waals surface area contributed by atoms with Gasteiger partial charge in [-0.15, -0.1) is 0 Å². The fraction of sp³-hybridized carbons (Fsp3) is 0.276. The van der Waals surface area contributed by atoms with Crippen molar-refractivity contribution in [3.05, 3.63) is 72.3 Å². The maximum Gasteiger partial charge on any atom is 0.261 e. The molecule has 2 aromatic carbocycles. The Balaban J connectivity index is 1.61. The number of ether oxygens (including phenoxy) is 1. The zero-order valence-corrected chi connectivity index (χ0v) is 23.0. The Morgan fingerprint density at radius 3 is 2.60 bits per heavy atom. The minimum absolute atomic E-state index is 0.00279. The highest BCUT2D eigenvalue weighted by Gasteiger charge is 2.24. The average molecular weight is 543 g/mol. The van der Waals surface area contributed by atoms with Gasteiger partial charge in [0, 0.05) is 23.2 Å². The predicted molar refractivity (Wildman–Crippen MR) is 151 cm³/mol. The topological polar surface area (TPSA) is 135 Å². The van der Waals surface area contributed by atoms with Gasteiger partial charge < -0.3 is 20.7 Å². The lowest BCUT2D eigenvalue weighted by atomic mass is 10.00. The lowest BCUT2D eigenvalue weighted by Gasteiger charge is -2.29. The molecule has 0 bridgehead atoms. The number of nitrogens with one attached hydrogen (secondary N) is 1. The number of carbonyl (C=O) groups excluding carboxylic acids is 1. The minimum Gasteiger partial charge on any atom is -0.457 e. The highest BCUT2D eigenvalue weighted by atomic mass is 19.1. The SMILES string of the molecule is C[C@H](Cn1nc(-c2ccc(Oc3ccccc3)cc2F)c2c(N)ncnc21)NC(=O)/C(C#N)=C/C(C)(C)N(C)C. The summed E-state index contributed by atoms with van der Waals surface area (Å²) in [7, 11) is 3.74. The second-order valence-electron chi connectivity index (χ2n) is 10.1. The monoisotopic (exact) mass is 542 g/mol. The van der Waals surface area contributed by atoms with Crippen LogP contribution in [0.4, 0.5) is 10.2 Å². The zero-order chi connectivity index (χ0) is 29.0. The second-order valence-corrected chi connectivity index (χ2v) is 10.1. The third kappa shape index (κ3) is 6.08. The van der Waals surface area contributed by atoms with E-state index in [4.69, 9.17) is 10.5 Å². The first-order valence-corrected chi connectivity index (χ1v) is 12.6. The molecule has 0 aliphatic heterocycles. The number of benzene rings is 2. The highest BCUT2D eigenvalue weighted by molar-refractivity contribution is 5.99. The molecule has 4 aromatic rings. The Bertz CT molecular complexity index is 1610. The van der Waals surface area contributed by atoms with Crippen LogP contribution in [0, 0.1) is 17.1 Å². The summed E-state index contributed by atoms with van der Waals surface area (Å²) in [6.07, 6.45) is 2.92. The summed E-state index contributed by atoms with van der Waals surface area (Å²) in [6, 6.07) is 15.1. The Morgan fingerprint density at radius 2 is 1.95 bits per heavy atom. The molecule has 0 spiro atoms.